The molecule has 0 aromatic carbocycles. The molecule has 0 spiro atoms. The van der Waals surface area contributed by atoms with Gasteiger partial charge in [-0.2, -0.15) is 0 Å². The van der Waals surface area contributed by atoms with Crippen LogP contribution in [0.4, 0.5) is 0 Å². The molecule has 0 radical (unpaired) electrons. The van der Waals surface area contributed by atoms with E-state index in [0.29, 0.717) is 0 Å². The van der Waals surface area contributed by atoms with Gasteiger partial charge in [-0.05, 0) is 38.1 Å². The maximum Gasteiger partial charge on any atom is 0.0897 e. The first-order valence-electron chi connectivity index (χ1n) is 7.15. The van der Waals surface area contributed by atoms with Gasteiger partial charge in [0.05, 0.1) is 18.8 Å². The Bertz CT molecular complexity index is 397. The number of ether oxygens (including phenoxy) is 1. The van der Waals surface area contributed by atoms with Gasteiger partial charge in [-0.3, -0.25) is 4.98 Å². The predicted molar refractivity (Wildman–Crippen MR) is 77.2 cm³/mol. The van der Waals surface area contributed by atoms with Crippen LogP contribution in [-0.4, -0.2) is 49.3 Å². The lowest BCUT2D eigenvalue weighted by Crippen LogP contribution is -2.46. The minimum absolute atomic E-state index is 0.203. The van der Waals surface area contributed by atoms with Crippen molar-refractivity contribution in [2.24, 2.45) is 0 Å². The Kier molecular flexibility index (Phi) is 5.31. The Hall–Kier alpha value is -0.970. The molecule has 0 saturated carbocycles. The fourth-order valence-corrected chi connectivity index (χ4v) is 2.52. The van der Waals surface area contributed by atoms with E-state index < -0.39 is 0 Å². The van der Waals surface area contributed by atoms with Crippen molar-refractivity contribution in [1.29, 1.82) is 0 Å². The highest BCUT2D eigenvalue weighted by Crippen LogP contribution is 2.22. The highest BCUT2D eigenvalue weighted by Gasteiger charge is 2.27. The van der Waals surface area contributed by atoms with E-state index in [9.17, 15) is 0 Å². The van der Waals surface area contributed by atoms with Crippen LogP contribution in [0.15, 0.2) is 18.5 Å². The fraction of sp³-hybridized carbons (Fsp3) is 0.667. The number of morpholine rings is 1. The van der Waals surface area contributed by atoms with Gasteiger partial charge in [-0.25, -0.2) is 0 Å². The van der Waals surface area contributed by atoms with E-state index in [-0.39, 0.29) is 12.1 Å². The summed E-state index contributed by atoms with van der Waals surface area (Å²) in [5.41, 5.74) is 2.43. The zero-order chi connectivity index (χ0) is 13.7. The van der Waals surface area contributed by atoms with Crippen molar-refractivity contribution < 1.29 is 4.74 Å². The molecule has 2 rings (SSSR count). The molecular formula is C15H25N3O. The van der Waals surface area contributed by atoms with Gasteiger partial charge in [0.1, 0.15) is 0 Å². The molecular weight excluding hydrogens is 238 g/mol. The molecule has 1 aromatic heterocycles. The molecule has 0 aliphatic carbocycles. The number of aromatic nitrogens is 1. The first-order valence-corrected chi connectivity index (χ1v) is 7.15. The monoisotopic (exact) mass is 263 g/mol. The number of likely N-dealkylation sites (N-methyl/N-ethyl adjacent to an activating group) is 1. The van der Waals surface area contributed by atoms with E-state index in [4.69, 9.17) is 4.74 Å². The molecule has 2 atom stereocenters. The van der Waals surface area contributed by atoms with Crippen molar-refractivity contribution in [3.05, 3.63) is 29.6 Å². The smallest absolute Gasteiger partial charge is 0.0897 e. The molecule has 0 amide bonds. The maximum absolute atomic E-state index is 5.97. The van der Waals surface area contributed by atoms with Gasteiger partial charge in [0, 0.05) is 25.5 Å². The van der Waals surface area contributed by atoms with E-state index in [0.717, 1.165) is 32.7 Å². The Balaban J connectivity index is 2.14. The van der Waals surface area contributed by atoms with E-state index in [1.807, 2.05) is 12.4 Å². The normalized spacial score (nSPS) is 22.4. The number of aryl methyl sites for hydroxylation is 1. The number of nitrogens with zero attached hydrogens (tertiary/aromatic N) is 2. The van der Waals surface area contributed by atoms with Crippen molar-refractivity contribution in [3.63, 3.8) is 0 Å². The molecule has 1 N–H and O–H groups in total. The van der Waals surface area contributed by atoms with Crippen LogP contribution in [0.2, 0.25) is 0 Å². The van der Waals surface area contributed by atoms with Crippen LogP contribution in [0.5, 0.6) is 0 Å². The first kappa shape index (κ1) is 14.4. The maximum atomic E-state index is 5.97. The van der Waals surface area contributed by atoms with Gasteiger partial charge in [-0.1, -0.05) is 13.0 Å². The van der Waals surface area contributed by atoms with Gasteiger partial charge >= 0.3 is 0 Å². The minimum Gasteiger partial charge on any atom is -0.374 e. The SMILES string of the molecule is CCCNC(c1cncc(C)c1)C1CN(C)CCO1. The van der Waals surface area contributed by atoms with E-state index in [1.54, 1.807) is 0 Å². The second-order valence-corrected chi connectivity index (χ2v) is 5.40. The molecule has 19 heavy (non-hydrogen) atoms. The lowest BCUT2D eigenvalue weighted by Gasteiger charge is -2.35. The third kappa shape index (κ3) is 4.00. The lowest BCUT2D eigenvalue weighted by molar-refractivity contribution is -0.0392. The molecule has 4 nitrogen and oxygen atoms in total. The van der Waals surface area contributed by atoms with Gasteiger partial charge in [-0.15, -0.1) is 0 Å². The zero-order valence-corrected chi connectivity index (χ0v) is 12.2. The summed E-state index contributed by atoms with van der Waals surface area (Å²) in [4.78, 5) is 6.65. The van der Waals surface area contributed by atoms with Gasteiger partial charge < -0.3 is 15.0 Å². The zero-order valence-electron chi connectivity index (χ0n) is 12.2. The van der Waals surface area contributed by atoms with Crippen molar-refractivity contribution in [3.8, 4) is 0 Å². The third-order valence-corrected chi connectivity index (χ3v) is 3.54. The second kappa shape index (κ2) is 6.98. The van der Waals surface area contributed by atoms with E-state index >= 15 is 0 Å². The Labute approximate surface area is 116 Å². The summed E-state index contributed by atoms with van der Waals surface area (Å²) in [7, 11) is 2.15. The quantitative estimate of drug-likeness (QED) is 0.878. The van der Waals surface area contributed by atoms with Crippen molar-refractivity contribution in [1.82, 2.24) is 15.2 Å². The summed E-state index contributed by atoms with van der Waals surface area (Å²) in [6.07, 6.45) is 5.18. The van der Waals surface area contributed by atoms with Crippen molar-refractivity contribution >= 4 is 0 Å². The molecule has 1 aromatic rings. The Morgan fingerprint density at radius 1 is 1.53 bits per heavy atom. The fourth-order valence-electron chi connectivity index (χ4n) is 2.52. The topological polar surface area (TPSA) is 37.4 Å². The molecule has 1 aliphatic heterocycles. The summed E-state index contributed by atoms with van der Waals surface area (Å²) < 4.78 is 5.97. The highest BCUT2D eigenvalue weighted by molar-refractivity contribution is 5.21. The largest absolute Gasteiger partial charge is 0.374 e. The minimum atomic E-state index is 0.203. The van der Waals surface area contributed by atoms with Crippen molar-refractivity contribution in [2.75, 3.05) is 33.3 Å². The highest BCUT2D eigenvalue weighted by atomic mass is 16.5. The third-order valence-electron chi connectivity index (χ3n) is 3.54. The number of pyridine rings is 1. The van der Waals surface area contributed by atoms with Gasteiger partial charge in [0.25, 0.3) is 0 Å². The van der Waals surface area contributed by atoms with Crippen molar-refractivity contribution in [2.45, 2.75) is 32.4 Å². The number of hydrogen-bond donors (Lipinski definition) is 1. The van der Waals surface area contributed by atoms with Crippen LogP contribution in [-0.2, 0) is 4.74 Å². The Morgan fingerprint density at radius 3 is 3.05 bits per heavy atom. The summed E-state index contributed by atoms with van der Waals surface area (Å²) in [6.45, 7) is 8.07. The molecule has 2 heterocycles. The predicted octanol–water partition coefficient (Wildman–Crippen LogP) is 1.76. The molecule has 0 bridgehead atoms. The number of hydrogen-bond acceptors (Lipinski definition) is 4. The van der Waals surface area contributed by atoms with Crippen LogP contribution < -0.4 is 5.32 Å². The van der Waals surface area contributed by atoms with E-state index in [2.05, 4.69) is 42.2 Å². The number of nitrogens with one attached hydrogen (secondary N) is 1. The molecule has 106 valence electrons. The molecule has 1 fully saturated rings. The molecule has 2 unspecified atom stereocenters. The average molecular weight is 263 g/mol. The number of rotatable bonds is 5. The summed E-state index contributed by atoms with van der Waals surface area (Å²) in [5.74, 6) is 0. The molecule has 1 aliphatic rings. The van der Waals surface area contributed by atoms with Crippen LogP contribution in [0, 0.1) is 6.92 Å². The first-order chi connectivity index (χ1) is 9.20. The standard InChI is InChI=1S/C15H25N3O/c1-4-5-17-15(13-8-12(2)9-16-10-13)14-11-18(3)6-7-19-14/h8-10,14-15,17H,4-7,11H2,1-3H3. The molecule has 1 saturated heterocycles. The molecule has 4 heteroatoms. The van der Waals surface area contributed by atoms with Crippen LogP contribution in [0.1, 0.15) is 30.5 Å². The van der Waals surface area contributed by atoms with Gasteiger partial charge in [0.15, 0.2) is 0 Å². The Morgan fingerprint density at radius 2 is 2.37 bits per heavy atom. The van der Waals surface area contributed by atoms with Gasteiger partial charge in [0.2, 0.25) is 0 Å². The second-order valence-electron chi connectivity index (χ2n) is 5.40. The van der Waals surface area contributed by atoms with Crippen LogP contribution in [0.25, 0.3) is 0 Å². The van der Waals surface area contributed by atoms with Crippen LogP contribution >= 0.6 is 0 Å². The summed E-state index contributed by atoms with van der Waals surface area (Å²) >= 11 is 0. The van der Waals surface area contributed by atoms with E-state index in [1.165, 1.54) is 11.1 Å². The van der Waals surface area contributed by atoms with Crippen LogP contribution in [0.3, 0.4) is 0 Å². The summed E-state index contributed by atoms with van der Waals surface area (Å²) in [5, 5.41) is 3.61. The average Bonchev–Trinajstić information content (AvgIpc) is 2.39. The lowest BCUT2D eigenvalue weighted by atomic mass is 10.0. The summed E-state index contributed by atoms with van der Waals surface area (Å²) in [6, 6.07) is 2.44.